The van der Waals surface area contributed by atoms with E-state index in [1.54, 1.807) is 12.1 Å². The van der Waals surface area contributed by atoms with Gasteiger partial charge >= 0.3 is 0 Å². The van der Waals surface area contributed by atoms with Crippen molar-refractivity contribution in [2.45, 2.75) is 39.0 Å². The van der Waals surface area contributed by atoms with E-state index in [4.69, 9.17) is 0 Å². The van der Waals surface area contributed by atoms with Crippen LogP contribution in [0.5, 0.6) is 0 Å². The Morgan fingerprint density at radius 3 is 2.42 bits per heavy atom. The summed E-state index contributed by atoms with van der Waals surface area (Å²) in [6.07, 6.45) is 0.835. The van der Waals surface area contributed by atoms with Crippen molar-refractivity contribution in [1.29, 1.82) is 0 Å². The van der Waals surface area contributed by atoms with Crippen molar-refractivity contribution in [2.24, 2.45) is 0 Å². The standard InChI is InChI=1S/C20H24N2O3S/c1-4-19(17-8-5-14(2)15(3)11-17)21-20(23)13-26-12-16-6-9-18(10-7-16)22(24)25/h5-11,19H,4,12-13H2,1-3H3,(H,21,23)/t19-/m1/s1. The van der Waals surface area contributed by atoms with Crippen LogP contribution in [-0.4, -0.2) is 16.6 Å². The quantitative estimate of drug-likeness (QED) is 0.538. The van der Waals surface area contributed by atoms with Gasteiger partial charge in [0.1, 0.15) is 0 Å². The summed E-state index contributed by atoms with van der Waals surface area (Å²) in [7, 11) is 0. The highest BCUT2D eigenvalue weighted by molar-refractivity contribution is 7.99. The van der Waals surface area contributed by atoms with Gasteiger partial charge in [-0.3, -0.25) is 14.9 Å². The summed E-state index contributed by atoms with van der Waals surface area (Å²) in [5.74, 6) is 1.01. The van der Waals surface area contributed by atoms with Gasteiger partial charge < -0.3 is 5.32 Å². The molecule has 0 saturated heterocycles. The van der Waals surface area contributed by atoms with E-state index < -0.39 is 4.92 Å². The number of nitrogens with one attached hydrogen (secondary N) is 1. The molecule has 1 N–H and O–H groups in total. The Morgan fingerprint density at radius 2 is 1.85 bits per heavy atom. The second-order valence-electron chi connectivity index (χ2n) is 6.29. The second-order valence-corrected chi connectivity index (χ2v) is 7.27. The second kappa shape index (κ2) is 9.38. The Hall–Kier alpha value is -2.34. The number of benzene rings is 2. The van der Waals surface area contributed by atoms with Crippen LogP contribution in [0.1, 0.15) is 41.6 Å². The number of hydrogen-bond donors (Lipinski definition) is 1. The maximum Gasteiger partial charge on any atom is 0.269 e. The van der Waals surface area contributed by atoms with Gasteiger partial charge in [-0.2, -0.15) is 0 Å². The number of nitro benzene ring substituents is 1. The molecule has 6 heteroatoms. The van der Waals surface area contributed by atoms with Crippen molar-refractivity contribution in [2.75, 3.05) is 5.75 Å². The van der Waals surface area contributed by atoms with Gasteiger partial charge in [0.15, 0.2) is 0 Å². The topological polar surface area (TPSA) is 72.2 Å². The van der Waals surface area contributed by atoms with Gasteiger partial charge in [-0.15, -0.1) is 11.8 Å². The molecular formula is C20H24N2O3S. The maximum absolute atomic E-state index is 12.2. The van der Waals surface area contributed by atoms with Crippen LogP contribution >= 0.6 is 11.8 Å². The molecule has 2 aromatic carbocycles. The van der Waals surface area contributed by atoms with Crippen molar-refractivity contribution in [3.8, 4) is 0 Å². The summed E-state index contributed by atoms with van der Waals surface area (Å²) < 4.78 is 0. The molecule has 0 bridgehead atoms. The molecule has 0 heterocycles. The van der Waals surface area contributed by atoms with Crippen molar-refractivity contribution in [3.05, 3.63) is 74.8 Å². The minimum absolute atomic E-state index is 0.00184. The Labute approximate surface area is 158 Å². The molecule has 1 amide bonds. The van der Waals surface area contributed by atoms with E-state index in [9.17, 15) is 14.9 Å². The highest BCUT2D eigenvalue weighted by Gasteiger charge is 2.13. The average molecular weight is 372 g/mol. The summed E-state index contributed by atoms with van der Waals surface area (Å²) in [6.45, 7) is 6.21. The summed E-state index contributed by atoms with van der Waals surface area (Å²) >= 11 is 1.50. The third-order valence-electron chi connectivity index (χ3n) is 4.33. The molecule has 2 aromatic rings. The van der Waals surface area contributed by atoms with Crippen molar-refractivity contribution >= 4 is 23.4 Å². The van der Waals surface area contributed by atoms with Gasteiger partial charge in [0, 0.05) is 17.9 Å². The van der Waals surface area contributed by atoms with Gasteiger partial charge in [0.2, 0.25) is 5.91 Å². The molecule has 0 aliphatic carbocycles. The van der Waals surface area contributed by atoms with E-state index in [-0.39, 0.29) is 17.6 Å². The summed E-state index contributed by atoms with van der Waals surface area (Å²) in [4.78, 5) is 22.5. The summed E-state index contributed by atoms with van der Waals surface area (Å²) in [6, 6.07) is 12.7. The van der Waals surface area contributed by atoms with Crippen LogP contribution in [0.2, 0.25) is 0 Å². The fraction of sp³-hybridized carbons (Fsp3) is 0.350. The molecular weight excluding hydrogens is 348 g/mol. The molecule has 0 radical (unpaired) electrons. The maximum atomic E-state index is 12.2. The molecule has 0 aliphatic rings. The molecule has 5 nitrogen and oxygen atoms in total. The Balaban J connectivity index is 1.84. The van der Waals surface area contributed by atoms with Gasteiger partial charge in [-0.1, -0.05) is 37.3 Å². The lowest BCUT2D eigenvalue weighted by atomic mass is 9.99. The normalized spacial score (nSPS) is 11.8. The SMILES string of the molecule is CC[C@@H](NC(=O)CSCc1ccc([N+](=O)[O-])cc1)c1ccc(C)c(C)c1. The average Bonchev–Trinajstić information content (AvgIpc) is 2.62. The fourth-order valence-electron chi connectivity index (χ4n) is 2.61. The zero-order valence-corrected chi connectivity index (χ0v) is 16.1. The predicted octanol–water partition coefficient (Wildman–Crippen LogP) is 4.71. The van der Waals surface area contributed by atoms with Gasteiger partial charge in [-0.05, 0) is 42.5 Å². The molecule has 0 aromatic heterocycles. The van der Waals surface area contributed by atoms with Crippen molar-refractivity contribution in [3.63, 3.8) is 0 Å². The molecule has 26 heavy (non-hydrogen) atoms. The molecule has 1 atom stereocenters. The number of rotatable bonds is 8. The Morgan fingerprint density at radius 1 is 1.15 bits per heavy atom. The number of nitro groups is 1. The first-order valence-electron chi connectivity index (χ1n) is 8.58. The third-order valence-corrected chi connectivity index (χ3v) is 5.33. The first kappa shape index (κ1) is 20.0. The number of amides is 1. The first-order valence-corrected chi connectivity index (χ1v) is 9.73. The number of thioether (sulfide) groups is 1. The number of carbonyl (C=O) groups excluding carboxylic acids is 1. The lowest BCUT2D eigenvalue weighted by molar-refractivity contribution is -0.384. The van der Waals surface area contributed by atoms with Crippen molar-refractivity contribution < 1.29 is 9.72 Å². The highest BCUT2D eigenvalue weighted by atomic mass is 32.2. The lowest BCUT2D eigenvalue weighted by Crippen LogP contribution is -2.29. The fourth-order valence-corrected chi connectivity index (χ4v) is 3.41. The van der Waals surface area contributed by atoms with Crippen LogP contribution in [0, 0.1) is 24.0 Å². The van der Waals surface area contributed by atoms with E-state index in [0.717, 1.165) is 17.5 Å². The van der Waals surface area contributed by atoms with E-state index in [1.807, 2.05) is 0 Å². The molecule has 138 valence electrons. The van der Waals surface area contributed by atoms with Crippen LogP contribution < -0.4 is 5.32 Å². The Kier molecular flexibility index (Phi) is 7.21. The van der Waals surface area contributed by atoms with E-state index in [0.29, 0.717) is 11.5 Å². The molecule has 0 unspecified atom stereocenters. The van der Waals surface area contributed by atoms with E-state index in [2.05, 4.69) is 44.3 Å². The zero-order chi connectivity index (χ0) is 19.1. The molecule has 0 saturated carbocycles. The largest absolute Gasteiger partial charge is 0.349 e. The summed E-state index contributed by atoms with van der Waals surface area (Å²) in [5, 5.41) is 13.7. The van der Waals surface area contributed by atoms with Crippen LogP contribution in [0.25, 0.3) is 0 Å². The van der Waals surface area contributed by atoms with Gasteiger partial charge in [0.25, 0.3) is 5.69 Å². The third kappa shape index (κ3) is 5.59. The van der Waals surface area contributed by atoms with Crippen LogP contribution in [0.4, 0.5) is 5.69 Å². The number of nitrogens with zero attached hydrogens (tertiary/aromatic N) is 1. The van der Waals surface area contributed by atoms with Crippen LogP contribution in [0.15, 0.2) is 42.5 Å². The minimum Gasteiger partial charge on any atom is -0.349 e. The van der Waals surface area contributed by atoms with Gasteiger partial charge in [0.05, 0.1) is 16.7 Å². The van der Waals surface area contributed by atoms with E-state index in [1.165, 1.54) is 35.0 Å². The van der Waals surface area contributed by atoms with Crippen molar-refractivity contribution in [1.82, 2.24) is 5.32 Å². The summed E-state index contributed by atoms with van der Waals surface area (Å²) in [5.41, 5.74) is 4.64. The van der Waals surface area contributed by atoms with E-state index >= 15 is 0 Å². The highest BCUT2D eigenvalue weighted by Crippen LogP contribution is 2.21. The molecule has 2 rings (SSSR count). The number of non-ortho nitro benzene ring substituents is 1. The monoisotopic (exact) mass is 372 g/mol. The molecule has 0 aliphatic heterocycles. The number of hydrogen-bond acceptors (Lipinski definition) is 4. The molecule has 0 spiro atoms. The lowest BCUT2D eigenvalue weighted by Gasteiger charge is -2.18. The molecule has 0 fully saturated rings. The van der Waals surface area contributed by atoms with Crippen LogP contribution in [0.3, 0.4) is 0 Å². The van der Waals surface area contributed by atoms with Crippen LogP contribution in [-0.2, 0) is 10.5 Å². The smallest absolute Gasteiger partial charge is 0.269 e. The number of carbonyl (C=O) groups is 1. The zero-order valence-electron chi connectivity index (χ0n) is 15.3. The van der Waals surface area contributed by atoms with Gasteiger partial charge in [-0.25, -0.2) is 0 Å². The minimum atomic E-state index is -0.415. The first-order chi connectivity index (χ1) is 12.4. The number of aryl methyl sites for hydroxylation is 2. The Bertz CT molecular complexity index is 775. The predicted molar refractivity (Wildman–Crippen MR) is 106 cm³/mol.